The largest absolute Gasteiger partial charge is 0.477 e. The molecule has 4 nitrogen and oxygen atoms in total. The summed E-state index contributed by atoms with van der Waals surface area (Å²) in [5, 5.41) is 0.923. The lowest BCUT2D eigenvalue weighted by Gasteiger charge is -2.16. The summed E-state index contributed by atoms with van der Waals surface area (Å²) in [5.74, 6) is 1.44. The Labute approximate surface area is 120 Å². The first-order valence-corrected chi connectivity index (χ1v) is 7.39. The first kappa shape index (κ1) is 14.6. The molecule has 2 rings (SSSR count). The Balaban J connectivity index is 2.12. The number of ether oxygens (including phenoxy) is 1. The predicted molar refractivity (Wildman–Crippen MR) is 82.8 cm³/mol. The Morgan fingerprint density at radius 3 is 2.75 bits per heavy atom. The molecule has 1 aromatic carbocycles. The molecule has 0 bridgehead atoms. The third-order valence-electron chi connectivity index (χ3n) is 3.58. The van der Waals surface area contributed by atoms with Gasteiger partial charge in [-0.2, -0.15) is 4.98 Å². The van der Waals surface area contributed by atoms with Crippen molar-refractivity contribution in [2.45, 2.75) is 39.5 Å². The van der Waals surface area contributed by atoms with Crippen LogP contribution in [0.3, 0.4) is 0 Å². The van der Waals surface area contributed by atoms with Gasteiger partial charge < -0.3 is 10.5 Å². The SMILES string of the molecule is CCCCC(CC)COc1nc(N)nc2ccccc12. The second kappa shape index (κ2) is 7.08. The maximum atomic E-state index is 5.92. The first-order chi connectivity index (χ1) is 9.74. The lowest BCUT2D eigenvalue weighted by atomic mass is 10.0. The van der Waals surface area contributed by atoms with Gasteiger partial charge >= 0.3 is 0 Å². The van der Waals surface area contributed by atoms with Gasteiger partial charge in [-0.1, -0.05) is 45.2 Å². The molecule has 2 aromatic rings. The van der Waals surface area contributed by atoms with E-state index in [1.807, 2.05) is 24.3 Å². The van der Waals surface area contributed by atoms with Crippen LogP contribution in [0.15, 0.2) is 24.3 Å². The Hall–Kier alpha value is -1.84. The van der Waals surface area contributed by atoms with Crippen LogP contribution in [0.4, 0.5) is 5.95 Å². The molecule has 4 heteroatoms. The van der Waals surface area contributed by atoms with E-state index in [4.69, 9.17) is 10.5 Å². The van der Waals surface area contributed by atoms with Crippen LogP contribution in [0.25, 0.3) is 10.9 Å². The molecule has 0 spiro atoms. The Morgan fingerprint density at radius 1 is 1.20 bits per heavy atom. The van der Waals surface area contributed by atoms with Gasteiger partial charge in [-0.15, -0.1) is 0 Å². The maximum absolute atomic E-state index is 5.92. The topological polar surface area (TPSA) is 61.0 Å². The van der Waals surface area contributed by atoms with Gasteiger partial charge in [0.25, 0.3) is 0 Å². The zero-order valence-corrected chi connectivity index (χ0v) is 12.3. The van der Waals surface area contributed by atoms with Crippen molar-refractivity contribution in [1.82, 2.24) is 9.97 Å². The summed E-state index contributed by atoms with van der Waals surface area (Å²) in [6.45, 7) is 5.11. The minimum Gasteiger partial charge on any atom is -0.477 e. The summed E-state index contributed by atoms with van der Waals surface area (Å²) in [6.07, 6.45) is 4.79. The van der Waals surface area contributed by atoms with Crippen LogP contribution in [0.5, 0.6) is 5.88 Å². The van der Waals surface area contributed by atoms with Crippen LogP contribution >= 0.6 is 0 Å². The van der Waals surface area contributed by atoms with Crippen molar-refractivity contribution in [3.05, 3.63) is 24.3 Å². The summed E-state index contributed by atoms with van der Waals surface area (Å²) in [4.78, 5) is 8.45. The van der Waals surface area contributed by atoms with Crippen molar-refractivity contribution in [3.8, 4) is 5.88 Å². The zero-order valence-electron chi connectivity index (χ0n) is 12.3. The molecular weight excluding hydrogens is 250 g/mol. The number of rotatable bonds is 7. The highest BCUT2D eigenvalue weighted by atomic mass is 16.5. The second-order valence-corrected chi connectivity index (χ2v) is 5.13. The van der Waals surface area contributed by atoms with Crippen molar-refractivity contribution in [2.24, 2.45) is 5.92 Å². The lowest BCUT2D eigenvalue weighted by Crippen LogP contribution is -2.12. The van der Waals surface area contributed by atoms with E-state index in [2.05, 4.69) is 23.8 Å². The van der Waals surface area contributed by atoms with E-state index < -0.39 is 0 Å². The van der Waals surface area contributed by atoms with E-state index in [0.717, 1.165) is 17.3 Å². The minimum atomic E-state index is 0.264. The van der Waals surface area contributed by atoms with Crippen LogP contribution in [-0.2, 0) is 0 Å². The quantitative estimate of drug-likeness (QED) is 0.833. The molecule has 20 heavy (non-hydrogen) atoms. The number of para-hydroxylation sites is 1. The number of nitrogen functional groups attached to an aromatic ring is 1. The van der Waals surface area contributed by atoms with E-state index in [9.17, 15) is 0 Å². The molecule has 0 aliphatic heterocycles. The highest BCUT2D eigenvalue weighted by molar-refractivity contribution is 5.84. The van der Waals surface area contributed by atoms with Gasteiger partial charge in [-0.25, -0.2) is 4.98 Å². The minimum absolute atomic E-state index is 0.264. The molecule has 0 aliphatic carbocycles. The highest BCUT2D eigenvalue weighted by Gasteiger charge is 2.11. The molecule has 0 saturated heterocycles. The summed E-state index contributed by atoms with van der Waals surface area (Å²) in [7, 11) is 0. The monoisotopic (exact) mass is 273 g/mol. The van der Waals surface area contributed by atoms with Gasteiger partial charge in [-0.05, 0) is 24.5 Å². The van der Waals surface area contributed by atoms with E-state index in [1.54, 1.807) is 0 Å². The van der Waals surface area contributed by atoms with Crippen LogP contribution in [0.2, 0.25) is 0 Å². The Kier molecular flexibility index (Phi) is 5.16. The van der Waals surface area contributed by atoms with Crippen LogP contribution in [-0.4, -0.2) is 16.6 Å². The molecule has 0 saturated carbocycles. The fourth-order valence-corrected chi connectivity index (χ4v) is 2.27. The molecule has 108 valence electrons. The Morgan fingerprint density at radius 2 is 2.00 bits per heavy atom. The smallest absolute Gasteiger partial charge is 0.226 e. The standard InChI is InChI=1S/C16H23N3O/c1-3-5-8-12(4-2)11-20-15-13-9-6-7-10-14(13)18-16(17)19-15/h6-7,9-10,12H,3-5,8,11H2,1-2H3,(H2,17,18,19). The van der Waals surface area contributed by atoms with E-state index >= 15 is 0 Å². The molecule has 0 radical (unpaired) electrons. The van der Waals surface area contributed by atoms with Crippen molar-refractivity contribution in [2.75, 3.05) is 12.3 Å². The first-order valence-electron chi connectivity index (χ1n) is 7.39. The number of aromatic nitrogens is 2. The number of nitrogens with two attached hydrogens (primary N) is 1. The number of hydrogen-bond donors (Lipinski definition) is 1. The Bertz CT molecular complexity index is 556. The van der Waals surface area contributed by atoms with Crippen molar-refractivity contribution < 1.29 is 4.74 Å². The van der Waals surface area contributed by atoms with Crippen LogP contribution < -0.4 is 10.5 Å². The van der Waals surface area contributed by atoms with Gasteiger partial charge in [0.15, 0.2) is 0 Å². The van der Waals surface area contributed by atoms with Crippen molar-refractivity contribution in [1.29, 1.82) is 0 Å². The third-order valence-corrected chi connectivity index (χ3v) is 3.58. The highest BCUT2D eigenvalue weighted by Crippen LogP contribution is 2.24. The molecule has 1 heterocycles. The number of benzene rings is 1. The second-order valence-electron chi connectivity index (χ2n) is 5.13. The molecule has 0 aliphatic rings. The fourth-order valence-electron chi connectivity index (χ4n) is 2.27. The zero-order chi connectivity index (χ0) is 14.4. The third kappa shape index (κ3) is 3.59. The van der Waals surface area contributed by atoms with Gasteiger partial charge in [0.2, 0.25) is 11.8 Å². The van der Waals surface area contributed by atoms with Gasteiger partial charge in [0.1, 0.15) is 0 Å². The molecule has 1 atom stereocenters. The molecule has 1 aromatic heterocycles. The van der Waals surface area contributed by atoms with Gasteiger partial charge in [0.05, 0.1) is 17.5 Å². The number of anilines is 1. The van der Waals surface area contributed by atoms with Crippen LogP contribution in [0, 0.1) is 5.92 Å². The summed E-state index contributed by atoms with van der Waals surface area (Å²) < 4.78 is 5.92. The average Bonchev–Trinajstić information content (AvgIpc) is 2.47. The van der Waals surface area contributed by atoms with E-state index in [1.165, 1.54) is 19.3 Å². The number of fused-ring (bicyclic) bond motifs is 1. The molecule has 0 amide bonds. The molecular formula is C16H23N3O. The predicted octanol–water partition coefficient (Wildman–Crippen LogP) is 3.81. The lowest BCUT2D eigenvalue weighted by molar-refractivity contribution is 0.228. The average molecular weight is 273 g/mol. The number of hydrogen-bond acceptors (Lipinski definition) is 4. The molecule has 2 N–H and O–H groups in total. The fraction of sp³-hybridized carbons (Fsp3) is 0.500. The number of unbranched alkanes of at least 4 members (excludes halogenated alkanes) is 1. The number of nitrogens with zero attached hydrogens (tertiary/aromatic N) is 2. The van der Waals surface area contributed by atoms with E-state index in [-0.39, 0.29) is 5.95 Å². The molecule has 0 fully saturated rings. The van der Waals surface area contributed by atoms with Crippen molar-refractivity contribution in [3.63, 3.8) is 0 Å². The summed E-state index contributed by atoms with van der Waals surface area (Å²) in [5.41, 5.74) is 6.57. The van der Waals surface area contributed by atoms with E-state index in [0.29, 0.717) is 18.4 Å². The van der Waals surface area contributed by atoms with Gasteiger partial charge in [-0.3, -0.25) is 0 Å². The van der Waals surface area contributed by atoms with Crippen LogP contribution in [0.1, 0.15) is 39.5 Å². The maximum Gasteiger partial charge on any atom is 0.226 e. The summed E-state index contributed by atoms with van der Waals surface area (Å²) in [6, 6.07) is 7.80. The van der Waals surface area contributed by atoms with Gasteiger partial charge in [0, 0.05) is 0 Å². The molecule has 1 unspecified atom stereocenters. The summed E-state index contributed by atoms with van der Waals surface area (Å²) >= 11 is 0. The normalized spacial score (nSPS) is 12.5. The van der Waals surface area contributed by atoms with Crippen molar-refractivity contribution >= 4 is 16.9 Å².